The fourth-order valence-corrected chi connectivity index (χ4v) is 3.44. The molecule has 3 aromatic heterocycles. The molecule has 0 radical (unpaired) electrons. The molecule has 1 amide bonds. The van der Waals surface area contributed by atoms with Crippen molar-refractivity contribution >= 4 is 11.6 Å². The van der Waals surface area contributed by atoms with Crippen molar-refractivity contribution < 1.29 is 14.3 Å². The molecule has 0 unspecified atom stereocenters. The maximum Gasteiger partial charge on any atom is 0.275 e. The predicted octanol–water partition coefficient (Wildman–Crippen LogP) is 2.70. The summed E-state index contributed by atoms with van der Waals surface area (Å²) in [4.78, 5) is 33.4. The number of nitrogens with zero attached hydrogens (tertiary/aromatic N) is 5. The molecule has 11 heteroatoms. The first-order valence-corrected chi connectivity index (χ1v) is 11.3. The number of halogens is 1. The van der Waals surface area contributed by atoms with Crippen LogP contribution in [0.15, 0.2) is 53.7 Å². The lowest BCUT2D eigenvalue weighted by molar-refractivity contribution is 0.102. The molecule has 186 valence electrons. The topological polar surface area (TPSA) is 139 Å². The van der Waals surface area contributed by atoms with Crippen LogP contribution in [0.25, 0.3) is 11.3 Å². The number of anilines is 1. The van der Waals surface area contributed by atoms with Crippen LogP contribution in [0, 0.1) is 5.82 Å². The van der Waals surface area contributed by atoms with Gasteiger partial charge in [-0.2, -0.15) is 10.2 Å². The maximum absolute atomic E-state index is 14.5. The van der Waals surface area contributed by atoms with Crippen LogP contribution in [0.1, 0.15) is 48.2 Å². The third-order valence-electron chi connectivity index (χ3n) is 5.44. The van der Waals surface area contributed by atoms with Crippen molar-refractivity contribution in [2.75, 3.05) is 11.9 Å². The van der Waals surface area contributed by atoms with E-state index in [9.17, 15) is 14.0 Å². The number of nitrogens with one attached hydrogen (secondary N) is 2. The first kappa shape index (κ1) is 24.9. The van der Waals surface area contributed by atoms with Gasteiger partial charge in [-0.15, -0.1) is 0 Å². The predicted molar refractivity (Wildman–Crippen MR) is 131 cm³/mol. The number of aliphatic hydroxyl groups excluding tert-OH is 1. The molecule has 0 bridgehead atoms. The highest BCUT2D eigenvalue weighted by Crippen LogP contribution is 2.24. The van der Waals surface area contributed by atoms with E-state index in [2.05, 4.69) is 30.6 Å². The van der Waals surface area contributed by atoms with Crippen molar-refractivity contribution in [3.8, 4) is 11.3 Å². The van der Waals surface area contributed by atoms with Crippen LogP contribution in [0.4, 0.5) is 10.1 Å². The van der Waals surface area contributed by atoms with Crippen LogP contribution in [-0.2, 0) is 18.4 Å². The van der Waals surface area contributed by atoms with E-state index >= 15 is 0 Å². The molecule has 0 aliphatic carbocycles. The molecular weight excluding hydrogens is 465 g/mol. The van der Waals surface area contributed by atoms with Crippen molar-refractivity contribution in [1.82, 2.24) is 29.9 Å². The Morgan fingerprint density at radius 3 is 2.67 bits per heavy atom. The number of rotatable bonds is 7. The molecule has 36 heavy (non-hydrogen) atoms. The average molecular weight is 492 g/mol. The summed E-state index contributed by atoms with van der Waals surface area (Å²) >= 11 is 0. The highest BCUT2D eigenvalue weighted by atomic mass is 19.1. The van der Waals surface area contributed by atoms with Crippen molar-refractivity contribution in [3.05, 3.63) is 87.7 Å². The number of hydrogen-bond acceptors (Lipinski definition) is 7. The number of aromatic amines is 1. The summed E-state index contributed by atoms with van der Waals surface area (Å²) in [5, 5.41) is 22.4. The summed E-state index contributed by atoms with van der Waals surface area (Å²) in [6, 6.07) is 7.51. The SMILES string of the molecule is CC(C)(C)c1cnc(C(=O)Nc2cc(-c3cc(Cc4ccn(CCO)n4)c(=O)[nH]n3)ccc2F)cn1. The molecule has 1 aromatic carbocycles. The number of carbonyl (C=O) groups excluding carboxylic acids is 1. The Bertz CT molecular complexity index is 1440. The number of aromatic nitrogens is 6. The molecule has 0 aliphatic rings. The van der Waals surface area contributed by atoms with E-state index in [0.717, 1.165) is 5.69 Å². The highest BCUT2D eigenvalue weighted by Gasteiger charge is 2.18. The van der Waals surface area contributed by atoms with E-state index in [1.165, 1.54) is 30.6 Å². The lowest BCUT2D eigenvalue weighted by Gasteiger charge is -2.16. The highest BCUT2D eigenvalue weighted by molar-refractivity contribution is 6.03. The Hall–Kier alpha value is -4.25. The quantitative estimate of drug-likeness (QED) is 0.361. The molecule has 4 rings (SSSR count). The van der Waals surface area contributed by atoms with Crippen molar-refractivity contribution in [2.24, 2.45) is 0 Å². The Morgan fingerprint density at radius 2 is 1.97 bits per heavy atom. The van der Waals surface area contributed by atoms with Crippen molar-refractivity contribution in [1.29, 1.82) is 0 Å². The molecule has 0 aliphatic heterocycles. The maximum atomic E-state index is 14.5. The minimum atomic E-state index is -0.634. The minimum absolute atomic E-state index is 0.0423. The minimum Gasteiger partial charge on any atom is -0.394 e. The summed E-state index contributed by atoms with van der Waals surface area (Å²) in [6.07, 6.45) is 4.85. The molecule has 10 nitrogen and oxygen atoms in total. The Balaban J connectivity index is 1.56. The van der Waals surface area contributed by atoms with Gasteiger partial charge in [-0.25, -0.2) is 14.5 Å². The Labute approximate surface area is 206 Å². The van der Waals surface area contributed by atoms with Gasteiger partial charge >= 0.3 is 0 Å². The standard InChI is InChI=1S/C25H26FN7O3/c1-25(2,3)22-14-27-21(13-28-22)24(36)29-20-11-15(4-5-18(20)26)19-12-16(23(35)31-30-19)10-17-6-7-33(32-17)8-9-34/h4-7,11-14,34H,8-10H2,1-3H3,(H,29,36)(H,31,35). The number of carbonyl (C=O) groups is 1. The molecule has 3 N–H and O–H groups in total. The van der Waals surface area contributed by atoms with Crippen molar-refractivity contribution in [3.63, 3.8) is 0 Å². The van der Waals surface area contributed by atoms with Gasteiger partial charge in [0.1, 0.15) is 11.5 Å². The lowest BCUT2D eigenvalue weighted by Crippen LogP contribution is -2.18. The van der Waals surface area contributed by atoms with Crippen LogP contribution < -0.4 is 10.9 Å². The molecule has 0 saturated carbocycles. The summed E-state index contributed by atoms with van der Waals surface area (Å²) in [7, 11) is 0. The second-order valence-electron chi connectivity index (χ2n) is 9.26. The zero-order valence-corrected chi connectivity index (χ0v) is 20.1. The first-order chi connectivity index (χ1) is 17.1. The fourth-order valence-electron chi connectivity index (χ4n) is 3.44. The van der Waals surface area contributed by atoms with Gasteiger partial charge in [0.05, 0.1) is 42.1 Å². The largest absolute Gasteiger partial charge is 0.394 e. The molecule has 0 fully saturated rings. The first-order valence-electron chi connectivity index (χ1n) is 11.3. The summed E-state index contributed by atoms with van der Waals surface area (Å²) in [5.41, 5.74) is 2.08. The number of amides is 1. The average Bonchev–Trinajstić information content (AvgIpc) is 3.28. The van der Waals surface area contributed by atoms with E-state index in [1.807, 2.05) is 20.8 Å². The number of aliphatic hydroxyl groups is 1. The lowest BCUT2D eigenvalue weighted by atomic mass is 9.93. The summed E-state index contributed by atoms with van der Waals surface area (Å²) in [5.74, 6) is -1.24. The van der Waals surface area contributed by atoms with Gasteiger partial charge in [-0.05, 0) is 30.3 Å². The van der Waals surface area contributed by atoms with Crippen LogP contribution in [0.5, 0.6) is 0 Å². The third kappa shape index (κ3) is 5.69. The van der Waals surface area contributed by atoms with Crippen LogP contribution in [0.2, 0.25) is 0 Å². The van der Waals surface area contributed by atoms with Crippen LogP contribution >= 0.6 is 0 Å². The van der Waals surface area contributed by atoms with Gasteiger partial charge < -0.3 is 10.4 Å². The molecule has 4 aromatic rings. The fraction of sp³-hybridized carbons (Fsp3) is 0.280. The molecular formula is C25H26FN7O3. The molecule has 0 saturated heterocycles. The van der Waals surface area contributed by atoms with Crippen LogP contribution in [-0.4, -0.2) is 47.6 Å². The third-order valence-corrected chi connectivity index (χ3v) is 5.44. The van der Waals surface area contributed by atoms with Crippen LogP contribution in [0.3, 0.4) is 0 Å². The number of hydrogen-bond donors (Lipinski definition) is 3. The van der Waals surface area contributed by atoms with Crippen molar-refractivity contribution in [2.45, 2.75) is 39.2 Å². The van der Waals surface area contributed by atoms with E-state index < -0.39 is 11.7 Å². The molecule has 0 spiro atoms. The second kappa shape index (κ2) is 10.2. The van der Waals surface area contributed by atoms with Gasteiger partial charge in [0.25, 0.3) is 11.5 Å². The molecule has 0 atom stereocenters. The second-order valence-corrected chi connectivity index (χ2v) is 9.26. The Kier molecular flexibility index (Phi) is 7.02. The smallest absolute Gasteiger partial charge is 0.275 e. The summed E-state index contributed by atoms with van der Waals surface area (Å²) in [6.45, 7) is 6.26. The van der Waals surface area contributed by atoms with Gasteiger partial charge in [0.15, 0.2) is 0 Å². The molecule has 3 heterocycles. The van der Waals surface area contributed by atoms with E-state index in [1.54, 1.807) is 23.0 Å². The van der Waals surface area contributed by atoms with Gasteiger partial charge in [0.2, 0.25) is 0 Å². The summed E-state index contributed by atoms with van der Waals surface area (Å²) < 4.78 is 16.1. The van der Waals surface area contributed by atoms with E-state index in [-0.39, 0.29) is 35.4 Å². The van der Waals surface area contributed by atoms with E-state index in [4.69, 9.17) is 5.11 Å². The zero-order valence-electron chi connectivity index (χ0n) is 20.1. The number of benzene rings is 1. The van der Waals surface area contributed by atoms with Gasteiger partial charge in [-0.3, -0.25) is 19.3 Å². The number of H-pyrrole nitrogens is 1. The monoisotopic (exact) mass is 491 g/mol. The van der Waals surface area contributed by atoms with Gasteiger partial charge in [-0.1, -0.05) is 20.8 Å². The van der Waals surface area contributed by atoms with E-state index in [0.29, 0.717) is 29.1 Å². The zero-order chi connectivity index (χ0) is 25.9. The van der Waals surface area contributed by atoms with Gasteiger partial charge in [0, 0.05) is 35.4 Å². The Morgan fingerprint density at radius 1 is 1.17 bits per heavy atom. The normalized spacial score (nSPS) is 11.5.